The van der Waals surface area contributed by atoms with Gasteiger partial charge in [0.05, 0.1) is 27.6 Å². The van der Waals surface area contributed by atoms with Crippen LogP contribution in [0.15, 0.2) is 75.2 Å². The molecule has 0 bridgehead atoms. The van der Waals surface area contributed by atoms with Crippen molar-refractivity contribution >= 4 is 62.8 Å². The Balaban J connectivity index is 1.53. The first-order valence-electron chi connectivity index (χ1n) is 12.3. The highest BCUT2D eigenvalue weighted by molar-refractivity contribution is 9.10. The lowest BCUT2D eigenvalue weighted by Gasteiger charge is -2.44. The van der Waals surface area contributed by atoms with E-state index in [-0.39, 0.29) is 31.8 Å². The van der Waals surface area contributed by atoms with Crippen LogP contribution < -0.4 is 5.32 Å². The fourth-order valence-electron chi connectivity index (χ4n) is 6.23. The highest BCUT2D eigenvalue weighted by Gasteiger charge is 2.62. The first kappa shape index (κ1) is 25.3. The van der Waals surface area contributed by atoms with E-state index in [1.165, 1.54) is 4.90 Å². The molecule has 39 heavy (non-hydrogen) atoms. The van der Waals surface area contributed by atoms with Crippen LogP contribution in [0.4, 0.5) is 11.4 Å². The van der Waals surface area contributed by atoms with Crippen LogP contribution in [0.1, 0.15) is 44.7 Å². The molecule has 0 aromatic heterocycles. The monoisotopic (exact) mass is 602 g/mol. The van der Waals surface area contributed by atoms with Gasteiger partial charge in [0, 0.05) is 39.4 Å². The second-order valence-corrected chi connectivity index (χ2v) is 11.1. The van der Waals surface area contributed by atoms with Crippen LogP contribution in [0.5, 0.6) is 0 Å². The minimum atomic E-state index is -1.30. The summed E-state index contributed by atoms with van der Waals surface area (Å²) in [5.74, 6) is -1.09. The number of nitrogens with zero attached hydrogens (tertiary/aromatic N) is 5. The molecule has 194 valence electrons. The molecule has 3 amide bonds. The van der Waals surface area contributed by atoms with E-state index in [4.69, 9.17) is 17.1 Å². The van der Waals surface area contributed by atoms with E-state index >= 15 is 0 Å². The van der Waals surface area contributed by atoms with Gasteiger partial charge >= 0.3 is 0 Å². The maximum Gasteiger partial charge on any atom is 0.261 e. The van der Waals surface area contributed by atoms with Gasteiger partial charge in [-0.15, -0.1) is 0 Å². The van der Waals surface area contributed by atoms with Crippen molar-refractivity contribution in [3.63, 3.8) is 0 Å². The predicted molar refractivity (Wildman–Crippen MR) is 151 cm³/mol. The van der Waals surface area contributed by atoms with Crippen LogP contribution in [0.3, 0.4) is 0 Å². The third-order valence-corrected chi connectivity index (χ3v) is 8.69. The number of azide groups is 1. The van der Waals surface area contributed by atoms with E-state index < -0.39 is 22.6 Å². The van der Waals surface area contributed by atoms with E-state index in [2.05, 4.69) is 36.3 Å². The normalized spacial score (nSPS) is 22.4. The number of halogens is 2. The zero-order valence-corrected chi connectivity index (χ0v) is 22.7. The van der Waals surface area contributed by atoms with E-state index in [0.717, 1.165) is 10.0 Å². The molecular weight excluding hydrogens is 584 g/mol. The zero-order valence-electron chi connectivity index (χ0n) is 20.4. The number of benzene rings is 3. The van der Waals surface area contributed by atoms with E-state index in [0.29, 0.717) is 33.1 Å². The fourth-order valence-corrected chi connectivity index (χ4v) is 6.76. The molecule has 3 heterocycles. The van der Waals surface area contributed by atoms with Gasteiger partial charge in [-0.3, -0.25) is 24.3 Å². The SMILES string of the molecule is [N-]=[N+]=NCC[C@]1([C@]2(CCN3C(=O)c4ccccc4C3=O)C(=O)Nc3cc(Br)ccc32)C=Nc2ccc(Cl)cc21. The van der Waals surface area contributed by atoms with Gasteiger partial charge in [-0.1, -0.05) is 50.8 Å². The maximum absolute atomic E-state index is 14.3. The van der Waals surface area contributed by atoms with Gasteiger partial charge < -0.3 is 5.32 Å². The average molecular weight is 604 g/mol. The molecule has 0 radical (unpaired) electrons. The molecule has 0 saturated heterocycles. The molecular formula is C28H20BrClN6O3. The molecule has 1 N–H and O–H groups in total. The van der Waals surface area contributed by atoms with Crippen LogP contribution in [-0.2, 0) is 15.6 Å². The fraction of sp³-hybridized carbons (Fsp3) is 0.214. The molecule has 3 aromatic rings. The molecule has 6 rings (SSSR count). The van der Waals surface area contributed by atoms with Gasteiger partial charge in [0.15, 0.2) is 0 Å². The van der Waals surface area contributed by atoms with Gasteiger partial charge in [0.1, 0.15) is 0 Å². The molecule has 0 saturated carbocycles. The quantitative estimate of drug-likeness (QED) is 0.147. The number of hydrogen-bond acceptors (Lipinski definition) is 5. The lowest BCUT2D eigenvalue weighted by atomic mass is 9.55. The number of anilines is 1. The third-order valence-electron chi connectivity index (χ3n) is 7.96. The van der Waals surface area contributed by atoms with Gasteiger partial charge in [-0.05, 0) is 72.0 Å². The number of rotatable bonds is 7. The Morgan fingerprint density at radius 1 is 1.00 bits per heavy atom. The van der Waals surface area contributed by atoms with Crippen molar-refractivity contribution in [2.45, 2.75) is 23.7 Å². The Morgan fingerprint density at radius 3 is 2.46 bits per heavy atom. The van der Waals surface area contributed by atoms with Gasteiger partial charge in [0.25, 0.3) is 11.8 Å². The van der Waals surface area contributed by atoms with Crippen molar-refractivity contribution in [3.8, 4) is 0 Å². The Hall–Kier alpha value is -3.98. The molecule has 0 spiro atoms. The Labute approximate surface area is 236 Å². The molecule has 3 aliphatic rings. The summed E-state index contributed by atoms with van der Waals surface area (Å²) in [5, 5.41) is 7.29. The Bertz CT molecular complexity index is 1630. The number of carbonyl (C=O) groups is 3. The van der Waals surface area contributed by atoms with E-state index in [1.54, 1.807) is 48.7 Å². The molecule has 9 nitrogen and oxygen atoms in total. The number of hydrogen-bond donors (Lipinski definition) is 1. The number of carbonyl (C=O) groups excluding carboxylic acids is 3. The van der Waals surface area contributed by atoms with Crippen molar-refractivity contribution in [1.29, 1.82) is 0 Å². The summed E-state index contributed by atoms with van der Waals surface area (Å²) in [5.41, 5.74) is 10.0. The molecule has 0 aliphatic carbocycles. The number of imide groups is 1. The first-order valence-corrected chi connectivity index (χ1v) is 13.4. The summed E-state index contributed by atoms with van der Waals surface area (Å²) in [6.45, 7) is 0.0741. The Kier molecular flexibility index (Phi) is 6.06. The van der Waals surface area contributed by atoms with Gasteiger partial charge in [-0.25, -0.2) is 0 Å². The van der Waals surface area contributed by atoms with Crippen molar-refractivity contribution in [2.75, 3.05) is 18.4 Å². The largest absolute Gasteiger partial charge is 0.325 e. The summed E-state index contributed by atoms with van der Waals surface area (Å²) in [6.07, 6.45) is 2.09. The van der Waals surface area contributed by atoms with Gasteiger partial charge in [0.2, 0.25) is 5.91 Å². The summed E-state index contributed by atoms with van der Waals surface area (Å²) >= 11 is 9.93. The predicted octanol–water partition coefficient (Wildman–Crippen LogP) is 6.33. The summed E-state index contributed by atoms with van der Waals surface area (Å²) in [7, 11) is 0. The topological polar surface area (TPSA) is 128 Å². The minimum Gasteiger partial charge on any atom is -0.325 e. The zero-order chi connectivity index (χ0) is 27.4. The van der Waals surface area contributed by atoms with Crippen LogP contribution in [0.25, 0.3) is 10.4 Å². The standard InChI is InChI=1S/C28H20BrClN6O3/c29-16-5-7-20-23(13-16)34-26(39)28(20,10-12-36-24(37)18-3-1-2-4-19(18)25(36)38)27(9-11-33-35-31)15-32-22-8-6-17(30)14-21(22)27/h1-8,13-15H,9-12H2,(H,34,39)/t27-,28-/m0/s1. The van der Waals surface area contributed by atoms with E-state index in [9.17, 15) is 14.4 Å². The van der Waals surface area contributed by atoms with Crippen molar-refractivity contribution in [2.24, 2.45) is 10.1 Å². The molecule has 0 fully saturated rings. The molecule has 3 aromatic carbocycles. The third kappa shape index (κ3) is 3.63. The van der Waals surface area contributed by atoms with Crippen molar-refractivity contribution < 1.29 is 14.4 Å². The lowest BCUT2D eigenvalue weighted by molar-refractivity contribution is -0.123. The molecule has 11 heteroatoms. The first-order chi connectivity index (χ1) is 18.8. The average Bonchev–Trinajstić information content (AvgIpc) is 3.51. The van der Waals surface area contributed by atoms with Crippen LogP contribution in [0, 0.1) is 0 Å². The Morgan fingerprint density at radius 2 is 1.74 bits per heavy atom. The number of fused-ring (bicyclic) bond motifs is 3. The highest BCUT2D eigenvalue weighted by atomic mass is 79.9. The van der Waals surface area contributed by atoms with Crippen LogP contribution in [0.2, 0.25) is 5.02 Å². The second kappa shape index (κ2) is 9.34. The maximum atomic E-state index is 14.3. The van der Waals surface area contributed by atoms with Crippen molar-refractivity contribution in [1.82, 2.24) is 4.90 Å². The molecule has 3 aliphatic heterocycles. The minimum absolute atomic E-state index is 0.0116. The number of amides is 3. The molecule has 2 atom stereocenters. The van der Waals surface area contributed by atoms with Crippen molar-refractivity contribution in [3.05, 3.63) is 103 Å². The van der Waals surface area contributed by atoms with Crippen LogP contribution >= 0.6 is 27.5 Å². The summed E-state index contributed by atoms with van der Waals surface area (Å²) in [4.78, 5) is 49.5. The summed E-state index contributed by atoms with van der Waals surface area (Å²) < 4.78 is 0.782. The smallest absolute Gasteiger partial charge is 0.261 e. The number of nitrogens with one attached hydrogen (secondary N) is 1. The van der Waals surface area contributed by atoms with Gasteiger partial charge in [-0.2, -0.15) is 0 Å². The summed E-state index contributed by atoms with van der Waals surface area (Å²) in [6, 6.07) is 17.5. The molecule has 0 unspecified atom stereocenters. The highest BCUT2D eigenvalue weighted by Crippen LogP contribution is 2.58. The second-order valence-electron chi connectivity index (χ2n) is 9.70. The lowest BCUT2D eigenvalue weighted by Crippen LogP contribution is -2.56. The number of aliphatic imine (C=N–C) groups is 1. The van der Waals surface area contributed by atoms with Crippen LogP contribution in [-0.4, -0.2) is 41.9 Å². The van der Waals surface area contributed by atoms with E-state index in [1.807, 2.05) is 18.2 Å².